The molecule has 0 saturated carbocycles. The Bertz CT molecular complexity index is 692. The molecule has 2 heterocycles. The number of hydrogen-bond donors (Lipinski definition) is 1. The third kappa shape index (κ3) is 5.66. The van der Waals surface area contributed by atoms with Gasteiger partial charge < -0.3 is 29.0 Å². The lowest BCUT2D eigenvalue weighted by molar-refractivity contribution is -0.297. The van der Waals surface area contributed by atoms with Crippen molar-refractivity contribution in [1.82, 2.24) is 5.32 Å². The van der Waals surface area contributed by atoms with E-state index in [0.717, 1.165) is 20.8 Å². The van der Waals surface area contributed by atoms with E-state index in [-0.39, 0.29) is 25.4 Å². The third-order valence-electron chi connectivity index (χ3n) is 4.46. The fourth-order valence-electron chi connectivity index (χ4n) is 3.55. The van der Waals surface area contributed by atoms with Crippen LogP contribution < -0.4 is 5.32 Å². The molecular formula is C18H25NO10. The van der Waals surface area contributed by atoms with Gasteiger partial charge in [-0.25, -0.2) is 0 Å². The molecule has 0 aromatic rings. The summed E-state index contributed by atoms with van der Waals surface area (Å²) in [6.07, 6.45) is -4.04. The van der Waals surface area contributed by atoms with Gasteiger partial charge in [-0.3, -0.25) is 24.0 Å². The number of nitrogens with one attached hydrogen (secondary N) is 1. The van der Waals surface area contributed by atoms with Crippen molar-refractivity contribution in [3.8, 4) is 0 Å². The molecule has 2 aliphatic heterocycles. The third-order valence-corrected chi connectivity index (χ3v) is 4.46. The van der Waals surface area contributed by atoms with Crippen LogP contribution in [0, 0.1) is 0 Å². The molecule has 0 unspecified atom stereocenters. The van der Waals surface area contributed by atoms with E-state index >= 15 is 0 Å². The fourth-order valence-corrected chi connectivity index (χ4v) is 3.55. The Kier molecular flexibility index (Phi) is 7.17. The molecule has 11 nitrogen and oxygen atoms in total. The largest absolute Gasteiger partial charge is 0.463 e. The second kappa shape index (κ2) is 9.21. The topological polar surface area (TPSA) is 144 Å². The van der Waals surface area contributed by atoms with Crippen molar-refractivity contribution in [2.75, 3.05) is 6.61 Å². The van der Waals surface area contributed by atoms with Crippen LogP contribution in [0.25, 0.3) is 0 Å². The average molecular weight is 415 g/mol. The van der Waals surface area contributed by atoms with Crippen LogP contribution in [0.3, 0.4) is 0 Å². The number of piperidine rings is 1. The van der Waals surface area contributed by atoms with Gasteiger partial charge in [-0.05, 0) is 12.8 Å². The molecule has 1 spiro atoms. The minimum atomic E-state index is -1.54. The van der Waals surface area contributed by atoms with Gasteiger partial charge in [0.05, 0.1) is 0 Å². The van der Waals surface area contributed by atoms with E-state index in [1.54, 1.807) is 0 Å². The van der Waals surface area contributed by atoms with E-state index in [9.17, 15) is 24.0 Å². The molecule has 1 N–H and O–H groups in total. The lowest BCUT2D eigenvalue weighted by Crippen LogP contribution is -2.74. The van der Waals surface area contributed by atoms with Crippen molar-refractivity contribution >= 4 is 29.8 Å². The van der Waals surface area contributed by atoms with Gasteiger partial charge in [0.1, 0.15) is 12.7 Å². The van der Waals surface area contributed by atoms with E-state index in [1.807, 2.05) is 0 Å². The predicted molar refractivity (Wildman–Crippen MR) is 92.9 cm³/mol. The van der Waals surface area contributed by atoms with E-state index in [4.69, 9.17) is 23.7 Å². The Balaban J connectivity index is 2.51. The lowest BCUT2D eigenvalue weighted by Gasteiger charge is -2.52. The molecule has 11 heteroatoms. The van der Waals surface area contributed by atoms with E-state index in [2.05, 4.69) is 5.32 Å². The van der Waals surface area contributed by atoms with E-state index in [1.165, 1.54) is 6.92 Å². The molecule has 1 amide bonds. The molecule has 2 aliphatic rings. The van der Waals surface area contributed by atoms with Crippen molar-refractivity contribution < 1.29 is 47.7 Å². The fraction of sp³-hybridized carbons (Fsp3) is 0.722. The van der Waals surface area contributed by atoms with Crippen molar-refractivity contribution in [2.45, 2.75) is 77.1 Å². The SMILES string of the molecule is CC(=O)OC[C@H]1O[C@]2(CCCC(=O)N2)[C@H](OC(C)=O)[C@@H](OC(C)=O)[C@@H]1OC(C)=O. The second-order valence-electron chi connectivity index (χ2n) is 6.93. The molecule has 0 bridgehead atoms. The van der Waals surface area contributed by atoms with Crippen molar-refractivity contribution in [3.05, 3.63) is 0 Å². The maximum Gasteiger partial charge on any atom is 0.303 e. The minimum absolute atomic E-state index is 0.234. The monoisotopic (exact) mass is 415 g/mol. The van der Waals surface area contributed by atoms with Crippen molar-refractivity contribution in [3.63, 3.8) is 0 Å². The van der Waals surface area contributed by atoms with Gasteiger partial charge in [0.25, 0.3) is 0 Å². The molecule has 0 radical (unpaired) electrons. The highest BCUT2D eigenvalue weighted by Gasteiger charge is 2.61. The van der Waals surface area contributed by atoms with Crippen LogP contribution in [-0.4, -0.2) is 66.5 Å². The molecule has 2 fully saturated rings. The maximum atomic E-state index is 12.1. The highest BCUT2D eigenvalue weighted by Crippen LogP contribution is 2.39. The summed E-state index contributed by atoms with van der Waals surface area (Å²) in [6.45, 7) is 4.27. The Morgan fingerprint density at radius 1 is 0.966 bits per heavy atom. The second-order valence-corrected chi connectivity index (χ2v) is 6.93. The minimum Gasteiger partial charge on any atom is -0.463 e. The Morgan fingerprint density at radius 3 is 2.07 bits per heavy atom. The highest BCUT2D eigenvalue weighted by molar-refractivity contribution is 5.78. The summed E-state index contributed by atoms with van der Waals surface area (Å²) in [7, 11) is 0. The zero-order valence-corrected chi connectivity index (χ0v) is 16.7. The smallest absolute Gasteiger partial charge is 0.303 e. The summed E-state index contributed by atoms with van der Waals surface area (Å²) in [5.74, 6) is -3.12. The summed E-state index contributed by atoms with van der Waals surface area (Å²) in [5.41, 5.74) is -1.54. The average Bonchev–Trinajstić information content (AvgIpc) is 2.58. The molecule has 0 aliphatic carbocycles. The standard InChI is InChI=1S/C18H25NO10/c1-9(20)25-8-13-15(26-10(2)21)16(27-11(3)22)17(28-12(4)23)18(29-13)7-5-6-14(24)19-18/h13,15-17H,5-8H2,1-4H3,(H,19,24)/t13-,15-,16+,17-,18-/m1/s1. The van der Waals surface area contributed by atoms with Crippen LogP contribution in [0.4, 0.5) is 0 Å². The van der Waals surface area contributed by atoms with Gasteiger partial charge in [0.15, 0.2) is 24.0 Å². The van der Waals surface area contributed by atoms with Crippen LogP contribution in [0.2, 0.25) is 0 Å². The number of amides is 1. The predicted octanol–water partition coefficient (Wildman–Crippen LogP) is -0.260. The number of esters is 4. The molecule has 0 aromatic heterocycles. The van der Waals surface area contributed by atoms with Crippen molar-refractivity contribution in [1.29, 1.82) is 0 Å². The molecule has 2 saturated heterocycles. The van der Waals surface area contributed by atoms with Gasteiger partial charge in [0.2, 0.25) is 5.91 Å². The number of carbonyl (C=O) groups is 5. The number of ether oxygens (including phenoxy) is 5. The van der Waals surface area contributed by atoms with Crippen molar-refractivity contribution in [2.24, 2.45) is 0 Å². The van der Waals surface area contributed by atoms with Gasteiger partial charge in [-0.2, -0.15) is 0 Å². The van der Waals surface area contributed by atoms with E-state index < -0.39 is 54.0 Å². The maximum absolute atomic E-state index is 12.1. The quantitative estimate of drug-likeness (QED) is 0.471. The first kappa shape index (κ1) is 22.6. The van der Waals surface area contributed by atoms with E-state index in [0.29, 0.717) is 6.42 Å². The summed E-state index contributed by atoms with van der Waals surface area (Å²) in [6, 6.07) is 0. The zero-order valence-electron chi connectivity index (χ0n) is 16.7. The molecule has 0 aromatic carbocycles. The zero-order chi connectivity index (χ0) is 21.8. The van der Waals surface area contributed by atoms with Crippen LogP contribution in [0.1, 0.15) is 47.0 Å². The number of hydrogen-bond acceptors (Lipinski definition) is 10. The normalized spacial score (nSPS) is 31.4. The Hall–Kier alpha value is -2.69. The lowest BCUT2D eigenvalue weighted by atomic mass is 9.84. The molecule has 2 rings (SSSR count). The first-order valence-electron chi connectivity index (χ1n) is 9.18. The highest BCUT2D eigenvalue weighted by atomic mass is 16.7. The van der Waals surface area contributed by atoms with Crippen LogP contribution >= 0.6 is 0 Å². The molecular weight excluding hydrogens is 390 g/mol. The summed E-state index contributed by atoms with van der Waals surface area (Å²) < 4.78 is 27.0. The number of carbonyl (C=O) groups excluding carboxylic acids is 5. The Morgan fingerprint density at radius 2 is 1.55 bits per heavy atom. The molecule has 162 valence electrons. The molecule has 29 heavy (non-hydrogen) atoms. The summed E-state index contributed by atoms with van der Waals surface area (Å²) in [5, 5.41) is 2.67. The van der Waals surface area contributed by atoms with Crippen LogP contribution in [0.5, 0.6) is 0 Å². The summed E-state index contributed by atoms with van der Waals surface area (Å²) in [4.78, 5) is 58.6. The Labute approximate surface area is 167 Å². The first-order chi connectivity index (χ1) is 13.5. The molecule has 5 atom stereocenters. The van der Waals surface area contributed by atoms with Crippen LogP contribution in [0.15, 0.2) is 0 Å². The van der Waals surface area contributed by atoms with Gasteiger partial charge in [-0.1, -0.05) is 0 Å². The first-order valence-corrected chi connectivity index (χ1v) is 9.18. The van der Waals surface area contributed by atoms with Gasteiger partial charge >= 0.3 is 23.9 Å². The van der Waals surface area contributed by atoms with Crippen LogP contribution in [-0.2, 0) is 47.7 Å². The van der Waals surface area contributed by atoms with Gasteiger partial charge in [-0.15, -0.1) is 0 Å². The van der Waals surface area contributed by atoms with Gasteiger partial charge in [0, 0.05) is 34.1 Å². The summed E-state index contributed by atoms with van der Waals surface area (Å²) >= 11 is 0. The number of rotatable bonds is 5.